The molecule has 0 aromatic carbocycles. The smallest absolute Gasteiger partial charge is 0.182 e. The van der Waals surface area contributed by atoms with Crippen LogP contribution in [-0.4, -0.2) is 37.2 Å². The van der Waals surface area contributed by atoms with E-state index in [2.05, 4.69) is 9.97 Å². The first-order valence-electron chi connectivity index (χ1n) is 4.90. The largest absolute Gasteiger partial charge is 0.491 e. The van der Waals surface area contributed by atoms with Crippen LogP contribution in [-0.2, 0) is 0 Å². The van der Waals surface area contributed by atoms with Crippen LogP contribution in [0.5, 0.6) is 5.75 Å². The molecule has 0 saturated carbocycles. The minimum absolute atomic E-state index is 0.585. The van der Waals surface area contributed by atoms with Crippen LogP contribution in [0, 0.1) is 13.8 Å². The molecule has 5 nitrogen and oxygen atoms in total. The fourth-order valence-corrected chi connectivity index (χ4v) is 1.48. The maximum absolute atomic E-state index is 5.51. The molecular weight excluding hydrogens is 192 g/mol. The van der Waals surface area contributed by atoms with Gasteiger partial charge in [0.2, 0.25) is 0 Å². The van der Waals surface area contributed by atoms with Gasteiger partial charge in [-0.3, -0.25) is 0 Å². The van der Waals surface area contributed by atoms with Crippen LogP contribution < -0.4 is 15.4 Å². The first-order chi connectivity index (χ1) is 7.10. The summed E-state index contributed by atoms with van der Waals surface area (Å²) in [6, 6.07) is 0. The summed E-state index contributed by atoms with van der Waals surface area (Å²) >= 11 is 0. The second-order valence-electron chi connectivity index (χ2n) is 3.42. The zero-order valence-electron chi connectivity index (χ0n) is 9.74. The van der Waals surface area contributed by atoms with Crippen LogP contribution in [0.4, 0.5) is 5.82 Å². The standard InChI is InChI=1S/C10H18N4O/c1-7-9(15-4)10(13-8(2)12-7)14(3)6-5-11/h5-6,11H2,1-4H3. The number of hydrogen-bond donors (Lipinski definition) is 1. The number of nitrogens with zero attached hydrogens (tertiary/aromatic N) is 3. The summed E-state index contributed by atoms with van der Waals surface area (Å²) in [7, 11) is 3.57. The van der Waals surface area contributed by atoms with Crippen molar-refractivity contribution in [2.45, 2.75) is 13.8 Å². The van der Waals surface area contributed by atoms with E-state index in [4.69, 9.17) is 10.5 Å². The van der Waals surface area contributed by atoms with E-state index in [1.54, 1.807) is 7.11 Å². The Balaban J connectivity index is 3.13. The molecule has 0 atom stereocenters. The maximum atomic E-state index is 5.51. The molecule has 1 aromatic rings. The Morgan fingerprint density at radius 3 is 2.53 bits per heavy atom. The van der Waals surface area contributed by atoms with Gasteiger partial charge in [0.05, 0.1) is 12.8 Å². The van der Waals surface area contributed by atoms with E-state index < -0.39 is 0 Å². The van der Waals surface area contributed by atoms with E-state index in [1.807, 2.05) is 25.8 Å². The third-order valence-corrected chi connectivity index (χ3v) is 2.16. The predicted molar refractivity (Wildman–Crippen MR) is 60.4 cm³/mol. The van der Waals surface area contributed by atoms with Gasteiger partial charge >= 0.3 is 0 Å². The highest BCUT2D eigenvalue weighted by Gasteiger charge is 2.13. The van der Waals surface area contributed by atoms with Gasteiger partial charge in [-0.2, -0.15) is 0 Å². The summed E-state index contributed by atoms with van der Waals surface area (Å²) in [6.45, 7) is 5.10. The molecule has 15 heavy (non-hydrogen) atoms. The van der Waals surface area contributed by atoms with Gasteiger partial charge in [-0.05, 0) is 13.8 Å². The number of anilines is 1. The highest BCUT2D eigenvalue weighted by molar-refractivity contribution is 5.54. The van der Waals surface area contributed by atoms with Crippen molar-refractivity contribution in [3.05, 3.63) is 11.5 Å². The van der Waals surface area contributed by atoms with E-state index in [1.165, 1.54) is 0 Å². The third kappa shape index (κ3) is 2.56. The second-order valence-corrected chi connectivity index (χ2v) is 3.42. The van der Waals surface area contributed by atoms with E-state index in [-0.39, 0.29) is 0 Å². The zero-order chi connectivity index (χ0) is 11.4. The minimum atomic E-state index is 0.585. The number of likely N-dealkylation sites (N-methyl/N-ethyl adjacent to an activating group) is 1. The summed E-state index contributed by atoms with van der Waals surface area (Å²) in [6.07, 6.45) is 0. The minimum Gasteiger partial charge on any atom is -0.491 e. The molecular formula is C10H18N4O. The van der Waals surface area contributed by atoms with E-state index >= 15 is 0 Å². The number of nitrogens with two attached hydrogens (primary N) is 1. The first-order valence-corrected chi connectivity index (χ1v) is 4.90. The molecule has 0 unspecified atom stereocenters. The van der Waals surface area contributed by atoms with Crippen LogP contribution in [0.3, 0.4) is 0 Å². The van der Waals surface area contributed by atoms with Crippen molar-refractivity contribution in [2.75, 3.05) is 32.1 Å². The Labute approximate surface area is 90.3 Å². The number of rotatable bonds is 4. The van der Waals surface area contributed by atoms with Crippen LogP contribution in [0.15, 0.2) is 0 Å². The van der Waals surface area contributed by atoms with Gasteiger partial charge in [-0.25, -0.2) is 9.97 Å². The van der Waals surface area contributed by atoms with Crippen molar-refractivity contribution in [1.82, 2.24) is 9.97 Å². The topological polar surface area (TPSA) is 64.3 Å². The fourth-order valence-electron chi connectivity index (χ4n) is 1.48. The van der Waals surface area contributed by atoms with Gasteiger partial charge in [-0.15, -0.1) is 0 Å². The van der Waals surface area contributed by atoms with Crippen molar-refractivity contribution in [2.24, 2.45) is 5.73 Å². The number of hydrogen-bond acceptors (Lipinski definition) is 5. The summed E-state index contributed by atoms with van der Waals surface area (Å²) in [5, 5.41) is 0. The van der Waals surface area contributed by atoms with E-state index in [9.17, 15) is 0 Å². The molecule has 0 amide bonds. The molecule has 0 aliphatic rings. The fraction of sp³-hybridized carbons (Fsp3) is 0.600. The highest BCUT2D eigenvalue weighted by Crippen LogP contribution is 2.27. The summed E-state index contributed by atoms with van der Waals surface area (Å²) in [4.78, 5) is 10.6. The lowest BCUT2D eigenvalue weighted by atomic mass is 10.3. The average molecular weight is 210 g/mol. The van der Waals surface area contributed by atoms with Gasteiger partial charge in [0.15, 0.2) is 11.6 Å². The first kappa shape index (κ1) is 11.7. The normalized spacial score (nSPS) is 10.2. The molecule has 84 valence electrons. The summed E-state index contributed by atoms with van der Waals surface area (Å²) < 4.78 is 5.29. The lowest BCUT2D eigenvalue weighted by molar-refractivity contribution is 0.406. The van der Waals surface area contributed by atoms with Crippen molar-refractivity contribution in [3.8, 4) is 5.75 Å². The van der Waals surface area contributed by atoms with Crippen molar-refractivity contribution in [1.29, 1.82) is 0 Å². The van der Waals surface area contributed by atoms with Crippen molar-refractivity contribution < 1.29 is 4.74 Å². The second kappa shape index (κ2) is 4.93. The Morgan fingerprint density at radius 2 is 2.00 bits per heavy atom. The molecule has 1 rings (SSSR count). The molecule has 0 aliphatic heterocycles. The van der Waals surface area contributed by atoms with Crippen molar-refractivity contribution >= 4 is 5.82 Å². The molecule has 0 bridgehead atoms. The third-order valence-electron chi connectivity index (χ3n) is 2.16. The van der Waals surface area contributed by atoms with Crippen LogP contribution in [0.25, 0.3) is 0 Å². The van der Waals surface area contributed by atoms with E-state index in [0.717, 1.165) is 29.6 Å². The molecule has 0 aliphatic carbocycles. The van der Waals surface area contributed by atoms with Crippen molar-refractivity contribution in [3.63, 3.8) is 0 Å². The Kier molecular flexibility index (Phi) is 3.85. The van der Waals surface area contributed by atoms with Gasteiger partial charge in [-0.1, -0.05) is 0 Å². The Bertz CT molecular complexity index is 340. The quantitative estimate of drug-likeness (QED) is 0.784. The molecule has 0 spiro atoms. The lowest BCUT2D eigenvalue weighted by Gasteiger charge is -2.20. The van der Waals surface area contributed by atoms with E-state index in [0.29, 0.717) is 6.54 Å². The summed E-state index contributed by atoms with van der Waals surface area (Å²) in [5.74, 6) is 2.26. The number of aromatic nitrogens is 2. The van der Waals surface area contributed by atoms with Crippen LogP contribution in [0.1, 0.15) is 11.5 Å². The molecule has 2 N–H and O–H groups in total. The monoisotopic (exact) mass is 210 g/mol. The molecule has 0 fully saturated rings. The van der Waals surface area contributed by atoms with Gasteiger partial charge < -0.3 is 15.4 Å². The predicted octanol–water partition coefficient (Wildman–Crippen LogP) is 0.497. The van der Waals surface area contributed by atoms with Crippen LogP contribution in [0.2, 0.25) is 0 Å². The van der Waals surface area contributed by atoms with Gasteiger partial charge in [0.25, 0.3) is 0 Å². The Hall–Kier alpha value is -1.36. The SMILES string of the molecule is COc1c(C)nc(C)nc1N(C)CCN. The number of methoxy groups -OCH3 is 1. The zero-order valence-corrected chi connectivity index (χ0v) is 9.74. The molecule has 1 heterocycles. The average Bonchev–Trinajstić information content (AvgIpc) is 2.17. The van der Waals surface area contributed by atoms with Crippen LogP contribution >= 0.6 is 0 Å². The lowest BCUT2D eigenvalue weighted by Crippen LogP contribution is -2.26. The number of aryl methyl sites for hydroxylation is 2. The maximum Gasteiger partial charge on any atom is 0.182 e. The molecule has 0 radical (unpaired) electrons. The van der Waals surface area contributed by atoms with Gasteiger partial charge in [0.1, 0.15) is 5.82 Å². The Morgan fingerprint density at radius 1 is 1.33 bits per heavy atom. The highest BCUT2D eigenvalue weighted by atomic mass is 16.5. The summed E-state index contributed by atoms with van der Waals surface area (Å²) in [5.41, 5.74) is 6.36. The number of ether oxygens (including phenoxy) is 1. The molecule has 5 heteroatoms. The van der Waals surface area contributed by atoms with Gasteiger partial charge in [0, 0.05) is 20.1 Å². The molecule has 0 saturated heterocycles. The molecule has 1 aromatic heterocycles.